The van der Waals surface area contributed by atoms with Gasteiger partial charge < -0.3 is 15.7 Å². The molecule has 1 fully saturated rings. The van der Waals surface area contributed by atoms with Crippen LogP contribution in [0.25, 0.3) is 5.69 Å². The second-order valence-corrected chi connectivity index (χ2v) is 9.42. The third-order valence-electron chi connectivity index (χ3n) is 6.76. The van der Waals surface area contributed by atoms with Crippen LogP contribution in [-0.4, -0.2) is 49.3 Å². The fourth-order valence-corrected chi connectivity index (χ4v) is 4.94. The van der Waals surface area contributed by atoms with Gasteiger partial charge in [0.15, 0.2) is 0 Å². The van der Waals surface area contributed by atoms with Gasteiger partial charge in [0.25, 0.3) is 0 Å². The van der Waals surface area contributed by atoms with Gasteiger partial charge in [-0.05, 0) is 60.4 Å². The highest BCUT2D eigenvalue weighted by molar-refractivity contribution is 5.73. The number of rotatable bonds is 10. The highest BCUT2D eigenvalue weighted by atomic mass is 19.1. The van der Waals surface area contributed by atoms with E-state index in [9.17, 15) is 18.7 Å². The van der Waals surface area contributed by atoms with Crippen LogP contribution >= 0.6 is 0 Å². The van der Waals surface area contributed by atoms with E-state index in [1.165, 1.54) is 19.1 Å². The molecule has 2 aromatic carbocycles. The topological polar surface area (TPSA) is 97.0 Å². The molecule has 5 rings (SSSR count). The van der Waals surface area contributed by atoms with Gasteiger partial charge in [0.2, 0.25) is 5.91 Å². The Kier molecular flexibility index (Phi) is 6.86. The van der Waals surface area contributed by atoms with Crippen molar-refractivity contribution in [2.75, 3.05) is 6.54 Å². The van der Waals surface area contributed by atoms with E-state index in [1.807, 2.05) is 47.4 Å². The van der Waals surface area contributed by atoms with Gasteiger partial charge in [-0.3, -0.25) is 9.48 Å². The first-order valence-corrected chi connectivity index (χ1v) is 12.1. The lowest BCUT2D eigenvalue weighted by Gasteiger charge is -2.28. The number of aliphatic hydroxyl groups is 1. The van der Waals surface area contributed by atoms with Crippen LogP contribution in [0.3, 0.4) is 0 Å². The summed E-state index contributed by atoms with van der Waals surface area (Å²) in [7, 11) is 0. The monoisotopic (exact) mass is 506 g/mol. The normalized spacial score (nSPS) is 20.4. The van der Waals surface area contributed by atoms with Crippen LogP contribution in [0.4, 0.5) is 8.78 Å². The lowest BCUT2D eigenvalue weighted by Crippen LogP contribution is -2.50. The molecule has 4 aromatic rings. The third-order valence-corrected chi connectivity index (χ3v) is 6.76. The van der Waals surface area contributed by atoms with Gasteiger partial charge in [-0.25, -0.2) is 13.5 Å². The molecule has 10 heteroatoms. The lowest BCUT2D eigenvalue weighted by molar-refractivity contribution is -0.120. The fraction of sp³-hybridized carbons (Fsp3) is 0.296. The first kappa shape index (κ1) is 24.8. The van der Waals surface area contributed by atoms with Crippen LogP contribution in [0, 0.1) is 11.6 Å². The van der Waals surface area contributed by atoms with E-state index in [1.54, 1.807) is 17.1 Å². The maximum absolute atomic E-state index is 13.7. The minimum Gasteiger partial charge on any atom is -0.390 e. The molecule has 8 nitrogen and oxygen atoms in total. The standard InChI is InChI=1S/C27H28F2N6O2/c1-18(36)33-24(13-19-11-21(28)15-22(29)12-19)25(37)17-30-27(16-26(27)35-10-4-8-32-35)20-5-2-6-23(14-20)34-9-3-7-31-34/h2-12,14-15,24-26,30,37H,13,16-17H2,1H3,(H,33,36). The number of nitrogens with zero attached hydrogens (tertiary/aromatic N) is 4. The zero-order valence-electron chi connectivity index (χ0n) is 20.3. The summed E-state index contributed by atoms with van der Waals surface area (Å²) >= 11 is 0. The Morgan fingerprint density at radius 2 is 1.86 bits per heavy atom. The van der Waals surface area contributed by atoms with Gasteiger partial charge in [0, 0.05) is 44.3 Å². The molecule has 2 heterocycles. The van der Waals surface area contributed by atoms with Gasteiger partial charge >= 0.3 is 0 Å². The zero-order chi connectivity index (χ0) is 26.0. The van der Waals surface area contributed by atoms with Crippen molar-refractivity contribution >= 4 is 5.91 Å². The number of aromatic nitrogens is 4. The van der Waals surface area contributed by atoms with Crippen LogP contribution in [0.15, 0.2) is 79.4 Å². The van der Waals surface area contributed by atoms with E-state index in [4.69, 9.17) is 0 Å². The number of carbonyl (C=O) groups excluding carboxylic acids is 1. The van der Waals surface area contributed by atoms with Crippen LogP contribution in [0.2, 0.25) is 0 Å². The molecule has 4 unspecified atom stereocenters. The Bertz CT molecular complexity index is 1340. The van der Waals surface area contributed by atoms with Crippen molar-refractivity contribution in [3.05, 3.63) is 102 Å². The molecule has 1 saturated carbocycles. The summed E-state index contributed by atoms with van der Waals surface area (Å²) in [5.74, 6) is -1.76. The van der Waals surface area contributed by atoms with E-state index < -0.39 is 29.3 Å². The number of hydrogen-bond acceptors (Lipinski definition) is 5. The minimum atomic E-state index is -1.03. The summed E-state index contributed by atoms with van der Waals surface area (Å²) in [6, 6.07) is 14.2. The second kappa shape index (κ2) is 10.2. The summed E-state index contributed by atoms with van der Waals surface area (Å²) in [6.45, 7) is 1.47. The van der Waals surface area contributed by atoms with Crippen molar-refractivity contribution in [1.82, 2.24) is 30.2 Å². The van der Waals surface area contributed by atoms with E-state index in [2.05, 4.69) is 26.9 Å². The van der Waals surface area contributed by atoms with Gasteiger partial charge in [-0.2, -0.15) is 10.2 Å². The predicted molar refractivity (Wildman–Crippen MR) is 133 cm³/mol. The van der Waals surface area contributed by atoms with Crippen LogP contribution in [0.5, 0.6) is 0 Å². The van der Waals surface area contributed by atoms with Gasteiger partial charge in [0.1, 0.15) is 11.6 Å². The molecule has 37 heavy (non-hydrogen) atoms. The molecule has 0 spiro atoms. The van der Waals surface area contributed by atoms with Crippen molar-refractivity contribution in [1.29, 1.82) is 0 Å². The first-order valence-electron chi connectivity index (χ1n) is 12.1. The van der Waals surface area contributed by atoms with Crippen molar-refractivity contribution in [3.63, 3.8) is 0 Å². The summed E-state index contributed by atoms with van der Waals surface area (Å²) in [5, 5.41) is 26.1. The molecule has 3 N–H and O–H groups in total. The maximum atomic E-state index is 13.7. The summed E-state index contributed by atoms with van der Waals surface area (Å²) in [6.07, 6.45) is 7.00. The molecule has 1 aliphatic rings. The molecule has 4 atom stereocenters. The Morgan fingerprint density at radius 1 is 1.11 bits per heavy atom. The number of carbonyl (C=O) groups is 1. The number of benzene rings is 2. The maximum Gasteiger partial charge on any atom is 0.217 e. The summed E-state index contributed by atoms with van der Waals surface area (Å²) in [4.78, 5) is 11.9. The third kappa shape index (κ3) is 5.45. The number of amides is 1. The van der Waals surface area contributed by atoms with E-state index in [-0.39, 0.29) is 24.9 Å². The summed E-state index contributed by atoms with van der Waals surface area (Å²) in [5.41, 5.74) is 1.75. The number of hydrogen-bond donors (Lipinski definition) is 3. The van der Waals surface area contributed by atoms with Crippen LogP contribution < -0.4 is 10.6 Å². The Hall–Kier alpha value is -3.89. The Morgan fingerprint density at radius 3 is 2.54 bits per heavy atom. The zero-order valence-corrected chi connectivity index (χ0v) is 20.3. The highest BCUT2D eigenvalue weighted by Gasteiger charge is 2.57. The molecule has 2 aromatic heterocycles. The van der Waals surface area contributed by atoms with Gasteiger partial charge in [-0.1, -0.05) is 12.1 Å². The van der Waals surface area contributed by atoms with Gasteiger partial charge in [0.05, 0.1) is 29.4 Å². The van der Waals surface area contributed by atoms with Gasteiger partial charge in [-0.15, -0.1) is 0 Å². The van der Waals surface area contributed by atoms with Crippen molar-refractivity contribution in [2.45, 2.75) is 43.5 Å². The van der Waals surface area contributed by atoms with Crippen molar-refractivity contribution in [2.24, 2.45) is 0 Å². The molecule has 0 bridgehead atoms. The molecule has 1 aliphatic carbocycles. The van der Waals surface area contributed by atoms with Crippen molar-refractivity contribution < 1.29 is 18.7 Å². The van der Waals surface area contributed by atoms with E-state index >= 15 is 0 Å². The summed E-state index contributed by atoms with van der Waals surface area (Å²) < 4.78 is 31.1. The fourth-order valence-electron chi connectivity index (χ4n) is 4.94. The largest absolute Gasteiger partial charge is 0.390 e. The molecule has 192 valence electrons. The molecular formula is C27H28F2N6O2. The number of nitrogens with one attached hydrogen (secondary N) is 2. The second-order valence-electron chi connectivity index (χ2n) is 9.42. The number of halogens is 2. The number of aliphatic hydroxyl groups excluding tert-OH is 1. The Balaban J connectivity index is 1.38. The quantitative estimate of drug-likeness (QED) is 0.307. The lowest BCUT2D eigenvalue weighted by atomic mass is 9.99. The molecule has 1 amide bonds. The minimum absolute atomic E-state index is 0.0131. The average Bonchev–Trinajstić information content (AvgIpc) is 3.24. The van der Waals surface area contributed by atoms with E-state index in [0.717, 1.165) is 23.7 Å². The SMILES string of the molecule is CC(=O)NC(Cc1cc(F)cc(F)c1)C(O)CNC1(c2cccc(-n3cccn3)c2)CC1n1cccn1. The van der Waals surface area contributed by atoms with Crippen molar-refractivity contribution in [3.8, 4) is 5.69 Å². The van der Waals surface area contributed by atoms with E-state index in [0.29, 0.717) is 5.56 Å². The molecular weight excluding hydrogens is 478 g/mol. The molecule has 0 radical (unpaired) electrons. The molecule has 0 saturated heterocycles. The average molecular weight is 507 g/mol. The Labute approximate surface area is 212 Å². The highest BCUT2D eigenvalue weighted by Crippen LogP contribution is 2.55. The van der Waals surface area contributed by atoms with Crippen LogP contribution in [0.1, 0.15) is 30.5 Å². The molecule has 0 aliphatic heterocycles. The first-order chi connectivity index (χ1) is 17.8. The van der Waals surface area contributed by atoms with Crippen LogP contribution in [-0.2, 0) is 16.8 Å². The smallest absolute Gasteiger partial charge is 0.217 e. The predicted octanol–water partition coefficient (Wildman–Crippen LogP) is 2.89.